The zero-order valence-electron chi connectivity index (χ0n) is 12.1. The van der Waals surface area contributed by atoms with Crippen LogP contribution in [0, 0.1) is 5.82 Å². The van der Waals surface area contributed by atoms with Crippen molar-refractivity contribution in [3.8, 4) is 0 Å². The fraction of sp³-hybridized carbons (Fsp3) is 0.533. The van der Waals surface area contributed by atoms with Gasteiger partial charge in [-0.2, -0.15) is 0 Å². The molecule has 1 fully saturated rings. The lowest BCUT2D eigenvalue weighted by Crippen LogP contribution is -2.59. The Balaban J connectivity index is 1.94. The molecule has 0 saturated carbocycles. The number of rotatable bonds is 5. The molecular formula is C15H21FN2O2. The highest BCUT2D eigenvalue weighted by atomic mass is 19.1. The van der Waals surface area contributed by atoms with Crippen molar-refractivity contribution in [2.45, 2.75) is 25.5 Å². The second-order valence-electron chi connectivity index (χ2n) is 5.54. The molecule has 20 heavy (non-hydrogen) atoms. The van der Waals surface area contributed by atoms with Crippen molar-refractivity contribution in [1.82, 2.24) is 10.2 Å². The van der Waals surface area contributed by atoms with Gasteiger partial charge in [0, 0.05) is 25.7 Å². The van der Waals surface area contributed by atoms with Crippen LogP contribution in [0.5, 0.6) is 0 Å². The minimum Gasteiger partial charge on any atom is -0.363 e. The number of benzene rings is 1. The van der Waals surface area contributed by atoms with E-state index in [2.05, 4.69) is 5.32 Å². The highest BCUT2D eigenvalue weighted by molar-refractivity contribution is 5.77. The molecule has 1 aromatic carbocycles. The number of ether oxygens (including phenoxy) is 1. The summed E-state index contributed by atoms with van der Waals surface area (Å²) in [6, 6.07) is 6.19. The highest BCUT2D eigenvalue weighted by Gasteiger charge is 2.33. The number of carbonyl (C=O) groups is 1. The minimum absolute atomic E-state index is 0.0213. The first kappa shape index (κ1) is 14.9. The fourth-order valence-electron chi connectivity index (χ4n) is 2.16. The highest BCUT2D eigenvalue weighted by Crippen LogP contribution is 2.22. The molecule has 1 atom stereocenters. The zero-order chi connectivity index (χ0) is 14.8. The van der Waals surface area contributed by atoms with E-state index in [0.717, 1.165) is 13.1 Å². The smallest absolute Gasteiger partial charge is 0.248 e. The van der Waals surface area contributed by atoms with Crippen molar-refractivity contribution in [2.24, 2.45) is 0 Å². The molecule has 1 amide bonds. The first-order valence-corrected chi connectivity index (χ1v) is 6.78. The summed E-state index contributed by atoms with van der Waals surface area (Å²) in [5.41, 5.74) is 0.262. The number of nitrogens with one attached hydrogen (secondary N) is 1. The third-order valence-electron chi connectivity index (χ3n) is 3.87. The van der Waals surface area contributed by atoms with E-state index >= 15 is 0 Å². The summed E-state index contributed by atoms with van der Waals surface area (Å²) < 4.78 is 19.3. The van der Waals surface area contributed by atoms with Gasteiger partial charge in [0.15, 0.2) is 0 Å². The van der Waals surface area contributed by atoms with Crippen molar-refractivity contribution in [3.63, 3.8) is 0 Å². The molecular weight excluding hydrogens is 259 g/mol. The third kappa shape index (κ3) is 3.16. The average Bonchev–Trinajstić information content (AvgIpc) is 2.41. The molecule has 5 heteroatoms. The monoisotopic (exact) mass is 280 g/mol. The second-order valence-corrected chi connectivity index (χ2v) is 5.54. The van der Waals surface area contributed by atoms with E-state index in [4.69, 9.17) is 4.74 Å². The van der Waals surface area contributed by atoms with Crippen molar-refractivity contribution >= 4 is 5.91 Å². The van der Waals surface area contributed by atoms with Gasteiger partial charge < -0.3 is 15.0 Å². The number of hydrogen-bond donors (Lipinski definition) is 1. The van der Waals surface area contributed by atoms with Crippen LogP contribution in [0.2, 0.25) is 0 Å². The van der Waals surface area contributed by atoms with Crippen LogP contribution in [0.3, 0.4) is 0 Å². The molecule has 1 aromatic rings. The molecule has 1 aliphatic heterocycles. The summed E-state index contributed by atoms with van der Waals surface area (Å²) >= 11 is 0. The summed E-state index contributed by atoms with van der Waals surface area (Å²) in [4.78, 5) is 13.6. The standard InChI is InChI=1S/C15H21FN2O2/c1-11(12-6-4-5-7-13(12)16)18(3)14(19)8-20-15(2)9-17-10-15/h4-7,11,17H,8-10H2,1-3H3. The summed E-state index contributed by atoms with van der Waals surface area (Å²) in [7, 11) is 1.67. The van der Waals surface area contributed by atoms with Crippen LogP contribution in [0.25, 0.3) is 0 Å². The Morgan fingerprint density at radius 1 is 1.50 bits per heavy atom. The third-order valence-corrected chi connectivity index (χ3v) is 3.87. The van der Waals surface area contributed by atoms with E-state index < -0.39 is 0 Å². The Kier molecular flexibility index (Phi) is 4.40. The topological polar surface area (TPSA) is 41.6 Å². The molecule has 1 heterocycles. The molecule has 1 aliphatic rings. The van der Waals surface area contributed by atoms with E-state index in [0.29, 0.717) is 5.56 Å². The summed E-state index contributed by atoms with van der Waals surface area (Å²) in [5, 5.41) is 3.11. The Labute approximate surface area is 118 Å². The van der Waals surface area contributed by atoms with Gasteiger partial charge in [0.1, 0.15) is 12.4 Å². The lowest BCUT2D eigenvalue weighted by Gasteiger charge is -2.39. The molecule has 1 N–H and O–H groups in total. The second kappa shape index (κ2) is 5.89. The van der Waals surface area contributed by atoms with Gasteiger partial charge in [0.05, 0.1) is 11.6 Å². The fourth-order valence-corrected chi connectivity index (χ4v) is 2.16. The van der Waals surface area contributed by atoms with E-state index in [1.165, 1.54) is 11.0 Å². The summed E-state index contributed by atoms with van der Waals surface area (Å²) in [5.74, 6) is -0.440. The van der Waals surface area contributed by atoms with Gasteiger partial charge in [-0.15, -0.1) is 0 Å². The van der Waals surface area contributed by atoms with E-state index in [-0.39, 0.29) is 30.0 Å². The maximum atomic E-state index is 13.7. The summed E-state index contributed by atoms with van der Waals surface area (Å²) in [6.07, 6.45) is 0. The Morgan fingerprint density at radius 2 is 2.15 bits per heavy atom. The molecule has 1 saturated heterocycles. The molecule has 0 aromatic heterocycles. The molecule has 4 nitrogen and oxygen atoms in total. The van der Waals surface area contributed by atoms with Crippen molar-refractivity contribution < 1.29 is 13.9 Å². The van der Waals surface area contributed by atoms with Gasteiger partial charge in [0.2, 0.25) is 5.91 Å². The van der Waals surface area contributed by atoms with Crippen molar-refractivity contribution in [3.05, 3.63) is 35.6 Å². The molecule has 0 bridgehead atoms. The van der Waals surface area contributed by atoms with Gasteiger partial charge in [-0.05, 0) is 19.9 Å². The van der Waals surface area contributed by atoms with Crippen molar-refractivity contribution in [2.75, 3.05) is 26.7 Å². The number of likely N-dealkylation sites (N-methyl/N-ethyl adjacent to an activating group) is 1. The predicted octanol–water partition coefficient (Wildman–Crippen LogP) is 1.72. The van der Waals surface area contributed by atoms with E-state index in [9.17, 15) is 9.18 Å². The van der Waals surface area contributed by atoms with Crippen LogP contribution >= 0.6 is 0 Å². The normalized spacial score (nSPS) is 18.2. The number of nitrogens with zero attached hydrogens (tertiary/aromatic N) is 1. The summed E-state index contributed by atoms with van der Waals surface area (Å²) in [6.45, 7) is 5.31. The maximum Gasteiger partial charge on any atom is 0.248 e. The van der Waals surface area contributed by atoms with Gasteiger partial charge in [-0.3, -0.25) is 4.79 Å². The van der Waals surface area contributed by atoms with Crippen LogP contribution in [-0.2, 0) is 9.53 Å². The first-order valence-electron chi connectivity index (χ1n) is 6.78. The average molecular weight is 280 g/mol. The molecule has 1 unspecified atom stereocenters. The first-order chi connectivity index (χ1) is 9.43. The quantitative estimate of drug-likeness (QED) is 0.893. The molecule has 0 aliphatic carbocycles. The van der Waals surface area contributed by atoms with E-state index in [1.807, 2.05) is 13.8 Å². The largest absolute Gasteiger partial charge is 0.363 e. The number of carbonyl (C=O) groups excluding carboxylic acids is 1. The molecule has 0 spiro atoms. The van der Waals surface area contributed by atoms with Crippen LogP contribution in [0.1, 0.15) is 25.5 Å². The van der Waals surface area contributed by atoms with Gasteiger partial charge >= 0.3 is 0 Å². The van der Waals surface area contributed by atoms with Gasteiger partial charge in [-0.1, -0.05) is 18.2 Å². The number of halogens is 1. The maximum absolute atomic E-state index is 13.7. The van der Waals surface area contributed by atoms with Crippen molar-refractivity contribution in [1.29, 1.82) is 0 Å². The lowest BCUT2D eigenvalue weighted by molar-refractivity contribution is -0.146. The Hall–Kier alpha value is -1.46. The van der Waals surface area contributed by atoms with Gasteiger partial charge in [-0.25, -0.2) is 4.39 Å². The zero-order valence-corrected chi connectivity index (χ0v) is 12.1. The minimum atomic E-state index is -0.320. The molecule has 2 rings (SSSR count). The van der Waals surface area contributed by atoms with Crippen LogP contribution in [-0.4, -0.2) is 43.2 Å². The Bertz CT molecular complexity index is 489. The van der Waals surface area contributed by atoms with Crippen LogP contribution in [0.15, 0.2) is 24.3 Å². The van der Waals surface area contributed by atoms with Crippen LogP contribution in [0.4, 0.5) is 4.39 Å². The lowest BCUT2D eigenvalue weighted by atomic mass is 10.0. The van der Waals surface area contributed by atoms with Gasteiger partial charge in [0.25, 0.3) is 0 Å². The van der Waals surface area contributed by atoms with Crippen LogP contribution < -0.4 is 5.32 Å². The SMILES string of the molecule is CC(c1ccccc1F)N(C)C(=O)COC1(C)CNC1. The number of hydrogen-bond acceptors (Lipinski definition) is 3. The number of amides is 1. The Morgan fingerprint density at radius 3 is 2.70 bits per heavy atom. The molecule has 0 radical (unpaired) electrons. The predicted molar refractivity (Wildman–Crippen MR) is 74.8 cm³/mol. The van der Waals surface area contributed by atoms with E-state index in [1.54, 1.807) is 25.2 Å². The molecule has 110 valence electrons.